The van der Waals surface area contributed by atoms with Gasteiger partial charge in [-0.25, -0.2) is 9.78 Å². The lowest BCUT2D eigenvalue weighted by atomic mass is 10.2. The predicted molar refractivity (Wildman–Crippen MR) is 85.4 cm³/mol. The molecule has 0 aliphatic carbocycles. The summed E-state index contributed by atoms with van der Waals surface area (Å²) in [4.78, 5) is 29.3. The first-order valence-electron chi connectivity index (χ1n) is 7.90. The molecule has 0 unspecified atom stereocenters. The van der Waals surface area contributed by atoms with E-state index in [1.54, 1.807) is 20.8 Å². The number of nitrogens with zero attached hydrogens (tertiary/aromatic N) is 2. The summed E-state index contributed by atoms with van der Waals surface area (Å²) in [5.41, 5.74) is -1.88. The van der Waals surface area contributed by atoms with E-state index < -0.39 is 35.5 Å². The van der Waals surface area contributed by atoms with Crippen molar-refractivity contribution in [2.45, 2.75) is 38.6 Å². The van der Waals surface area contributed by atoms with Crippen molar-refractivity contribution in [2.24, 2.45) is 0 Å². The number of halogens is 3. The lowest BCUT2D eigenvalue weighted by Crippen LogP contribution is -2.55. The Hall–Kier alpha value is -2.36. The third-order valence-electron chi connectivity index (χ3n) is 3.35. The van der Waals surface area contributed by atoms with Crippen LogP contribution in [-0.2, 0) is 20.4 Å². The van der Waals surface area contributed by atoms with Gasteiger partial charge in [-0.1, -0.05) is 6.07 Å². The number of hydrogen-bond acceptors (Lipinski definition) is 5. The van der Waals surface area contributed by atoms with Gasteiger partial charge in [0.05, 0.1) is 13.2 Å². The number of amides is 2. The molecule has 1 aliphatic rings. The minimum atomic E-state index is -4.63. The second-order valence-electron chi connectivity index (χ2n) is 6.66. The van der Waals surface area contributed by atoms with E-state index in [1.165, 1.54) is 11.0 Å². The molecule has 7 nitrogen and oxygen atoms in total. The SMILES string of the molecule is CC(C)(C)OC(=O)N1CCOC[C@H]1C(=O)Nc1cccc(C(F)(F)F)n1. The lowest BCUT2D eigenvalue weighted by molar-refractivity contribution is -0.141. The molecule has 26 heavy (non-hydrogen) atoms. The van der Waals surface area contributed by atoms with Crippen molar-refractivity contribution < 1.29 is 32.2 Å². The maximum absolute atomic E-state index is 12.7. The van der Waals surface area contributed by atoms with Crippen LogP contribution in [0.1, 0.15) is 26.5 Å². The van der Waals surface area contributed by atoms with Gasteiger partial charge in [-0.05, 0) is 32.9 Å². The Bertz CT molecular complexity index is 673. The highest BCUT2D eigenvalue weighted by atomic mass is 19.4. The topological polar surface area (TPSA) is 80.8 Å². The van der Waals surface area contributed by atoms with Crippen molar-refractivity contribution >= 4 is 17.8 Å². The summed E-state index contributed by atoms with van der Waals surface area (Å²) < 4.78 is 48.6. The van der Waals surface area contributed by atoms with Crippen LogP contribution in [0.25, 0.3) is 0 Å². The van der Waals surface area contributed by atoms with Crippen LogP contribution >= 0.6 is 0 Å². The van der Waals surface area contributed by atoms with Gasteiger partial charge in [0, 0.05) is 6.54 Å². The summed E-state index contributed by atoms with van der Waals surface area (Å²) in [6, 6.07) is 2.13. The van der Waals surface area contributed by atoms with E-state index in [0.29, 0.717) is 0 Å². The molecule has 0 saturated carbocycles. The fourth-order valence-electron chi connectivity index (χ4n) is 2.23. The number of morpholine rings is 1. The zero-order valence-corrected chi connectivity index (χ0v) is 14.6. The molecule has 1 saturated heterocycles. The maximum atomic E-state index is 12.7. The molecule has 144 valence electrons. The highest BCUT2D eigenvalue weighted by Gasteiger charge is 2.36. The van der Waals surface area contributed by atoms with E-state index in [4.69, 9.17) is 9.47 Å². The number of pyridine rings is 1. The van der Waals surface area contributed by atoms with Crippen LogP contribution < -0.4 is 5.32 Å². The van der Waals surface area contributed by atoms with Crippen molar-refractivity contribution in [1.29, 1.82) is 0 Å². The fourth-order valence-corrected chi connectivity index (χ4v) is 2.23. The Labute approximate surface area is 148 Å². The number of carbonyl (C=O) groups is 2. The van der Waals surface area contributed by atoms with Gasteiger partial charge in [-0.3, -0.25) is 9.69 Å². The second-order valence-corrected chi connectivity index (χ2v) is 6.66. The molecule has 1 fully saturated rings. The normalized spacial score (nSPS) is 18.4. The first kappa shape index (κ1) is 20.0. The molecule has 0 radical (unpaired) electrons. The number of hydrogen-bond donors (Lipinski definition) is 1. The van der Waals surface area contributed by atoms with Gasteiger partial charge < -0.3 is 14.8 Å². The van der Waals surface area contributed by atoms with Gasteiger partial charge >= 0.3 is 12.3 Å². The number of ether oxygens (including phenoxy) is 2. The molecule has 2 heterocycles. The number of alkyl halides is 3. The second kappa shape index (κ2) is 7.48. The Kier molecular flexibility index (Phi) is 5.74. The molecule has 10 heteroatoms. The van der Waals surface area contributed by atoms with E-state index >= 15 is 0 Å². The molecule has 0 aromatic carbocycles. The molecule has 1 aromatic rings. The minimum Gasteiger partial charge on any atom is -0.444 e. The zero-order chi connectivity index (χ0) is 19.5. The molecule has 1 atom stereocenters. The van der Waals surface area contributed by atoms with Crippen LogP contribution in [0.15, 0.2) is 18.2 Å². The fraction of sp³-hybridized carbons (Fsp3) is 0.562. The van der Waals surface area contributed by atoms with Crippen molar-refractivity contribution in [1.82, 2.24) is 9.88 Å². The standard InChI is InChI=1S/C16H20F3N3O4/c1-15(2,3)26-14(24)22-7-8-25-9-10(22)13(23)21-12-6-4-5-11(20-12)16(17,18)19/h4-6,10H,7-9H2,1-3H3,(H,20,21,23)/t10-/m0/s1. The summed E-state index contributed by atoms with van der Waals surface area (Å²) in [5, 5.41) is 2.29. The Balaban J connectivity index is 2.12. The smallest absolute Gasteiger partial charge is 0.433 e. The molecule has 0 spiro atoms. The van der Waals surface area contributed by atoms with Crippen LogP contribution in [0.2, 0.25) is 0 Å². The number of aromatic nitrogens is 1. The minimum absolute atomic E-state index is 0.0932. The van der Waals surface area contributed by atoms with Crippen molar-refractivity contribution in [3.8, 4) is 0 Å². The Morgan fingerprint density at radius 3 is 2.62 bits per heavy atom. The number of anilines is 1. The average Bonchev–Trinajstić information content (AvgIpc) is 2.52. The zero-order valence-electron chi connectivity index (χ0n) is 14.6. The largest absolute Gasteiger partial charge is 0.444 e. The van der Waals surface area contributed by atoms with E-state index in [-0.39, 0.29) is 25.6 Å². The molecule has 0 bridgehead atoms. The van der Waals surface area contributed by atoms with Crippen molar-refractivity contribution in [2.75, 3.05) is 25.1 Å². The van der Waals surface area contributed by atoms with Crippen molar-refractivity contribution in [3.05, 3.63) is 23.9 Å². The lowest BCUT2D eigenvalue weighted by Gasteiger charge is -2.35. The third-order valence-corrected chi connectivity index (χ3v) is 3.35. The quantitative estimate of drug-likeness (QED) is 0.860. The summed E-state index contributed by atoms with van der Waals surface area (Å²) in [7, 11) is 0. The molecular formula is C16H20F3N3O4. The summed E-state index contributed by atoms with van der Waals surface area (Å²) in [5.74, 6) is -0.970. The number of nitrogens with one attached hydrogen (secondary N) is 1. The maximum Gasteiger partial charge on any atom is 0.433 e. The van der Waals surface area contributed by atoms with Gasteiger partial charge in [0.2, 0.25) is 0 Å². The monoisotopic (exact) mass is 375 g/mol. The number of carbonyl (C=O) groups excluding carboxylic acids is 2. The van der Waals surface area contributed by atoms with Crippen LogP contribution in [0.5, 0.6) is 0 Å². The molecule has 2 amide bonds. The molecule has 1 aromatic heterocycles. The summed E-state index contributed by atoms with van der Waals surface area (Å²) >= 11 is 0. The molecule has 1 N–H and O–H groups in total. The van der Waals surface area contributed by atoms with Gasteiger partial charge in [0.25, 0.3) is 5.91 Å². The third kappa shape index (κ3) is 5.32. The van der Waals surface area contributed by atoms with E-state index in [1.807, 2.05) is 0 Å². The van der Waals surface area contributed by atoms with Gasteiger partial charge in [0.1, 0.15) is 23.2 Å². The van der Waals surface area contributed by atoms with Crippen LogP contribution in [-0.4, -0.2) is 53.3 Å². The Morgan fingerprint density at radius 2 is 2.00 bits per heavy atom. The first-order valence-corrected chi connectivity index (χ1v) is 7.90. The van der Waals surface area contributed by atoms with Gasteiger partial charge in [-0.2, -0.15) is 13.2 Å². The van der Waals surface area contributed by atoms with E-state index in [2.05, 4.69) is 10.3 Å². The first-order chi connectivity index (χ1) is 12.0. The molecular weight excluding hydrogens is 355 g/mol. The van der Waals surface area contributed by atoms with Crippen LogP contribution in [0.4, 0.5) is 23.8 Å². The highest BCUT2D eigenvalue weighted by molar-refractivity contribution is 5.96. The average molecular weight is 375 g/mol. The van der Waals surface area contributed by atoms with Crippen LogP contribution in [0, 0.1) is 0 Å². The summed E-state index contributed by atoms with van der Waals surface area (Å²) in [6.45, 7) is 5.32. The van der Waals surface area contributed by atoms with Crippen molar-refractivity contribution in [3.63, 3.8) is 0 Å². The summed E-state index contributed by atoms with van der Waals surface area (Å²) in [6.07, 6.45) is -5.32. The molecule has 1 aliphatic heterocycles. The molecule has 2 rings (SSSR count). The van der Waals surface area contributed by atoms with E-state index in [9.17, 15) is 22.8 Å². The van der Waals surface area contributed by atoms with Crippen LogP contribution in [0.3, 0.4) is 0 Å². The van der Waals surface area contributed by atoms with Gasteiger partial charge in [-0.15, -0.1) is 0 Å². The Morgan fingerprint density at radius 1 is 1.31 bits per heavy atom. The van der Waals surface area contributed by atoms with Gasteiger partial charge in [0.15, 0.2) is 0 Å². The predicted octanol–water partition coefficient (Wildman–Crippen LogP) is 2.67. The number of rotatable bonds is 2. The van der Waals surface area contributed by atoms with E-state index in [0.717, 1.165) is 12.1 Å². The highest BCUT2D eigenvalue weighted by Crippen LogP contribution is 2.28.